The van der Waals surface area contributed by atoms with Gasteiger partial charge in [0.15, 0.2) is 0 Å². The molecule has 1 aliphatic rings. The Hall–Kier alpha value is -1.09. The highest BCUT2D eigenvalue weighted by Crippen LogP contribution is 2.32. The van der Waals surface area contributed by atoms with Gasteiger partial charge in [-0.2, -0.15) is 0 Å². The van der Waals surface area contributed by atoms with Crippen LogP contribution in [0, 0.1) is 5.82 Å². The number of hydrogen-bond donors (Lipinski definition) is 1. The second kappa shape index (κ2) is 3.24. The first-order valence-electron chi connectivity index (χ1n) is 4.68. The third-order valence-corrected chi connectivity index (χ3v) is 2.55. The van der Waals surface area contributed by atoms with Crippen molar-refractivity contribution >= 4 is 5.69 Å². The first kappa shape index (κ1) is 9.46. The number of methoxy groups -OCH3 is 1. The lowest BCUT2D eigenvalue weighted by Crippen LogP contribution is -2.37. The van der Waals surface area contributed by atoms with Gasteiger partial charge in [-0.15, -0.1) is 0 Å². The third kappa shape index (κ3) is 1.60. The quantitative estimate of drug-likeness (QED) is 0.781. The first-order chi connectivity index (χ1) is 6.63. The minimum Gasteiger partial charge on any atom is -0.382 e. The van der Waals surface area contributed by atoms with Crippen LogP contribution in [0.1, 0.15) is 12.5 Å². The Kier molecular flexibility index (Phi) is 2.19. The van der Waals surface area contributed by atoms with Crippen LogP contribution in [-0.2, 0) is 11.2 Å². The molecule has 0 aliphatic carbocycles. The summed E-state index contributed by atoms with van der Waals surface area (Å²) in [6, 6.07) is 4.85. The molecule has 1 aromatic carbocycles. The summed E-state index contributed by atoms with van der Waals surface area (Å²) >= 11 is 0. The third-order valence-electron chi connectivity index (χ3n) is 2.55. The van der Waals surface area contributed by atoms with E-state index in [1.165, 1.54) is 6.07 Å². The van der Waals surface area contributed by atoms with E-state index in [0.29, 0.717) is 6.61 Å². The number of nitrogens with one attached hydrogen (secondary N) is 1. The summed E-state index contributed by atoms with van der Waals surface area (Å²) in [4.78, 5) is 0. The van der Waals surface area contributed by atoms with Gasteiger partial charge in [0.2, 0.25) is 0 Å². The molecule has 0 fully saturated rings. The summed E-state index contributed by atoms with van der Waals surface area (Å²) in [6.45, 7) is 2.71. The van der Waals surface area contributed by atoms with Crippen molar-refractivity contribution < 1.29 is 9.13 Å². The van der Waals surface area contributed by atoms with E-state index >= 15 is 0 Å². The molecule has 0 saturated carbocycles. The summed E-state index contributed by atoms with van der Waals surface area (Å²) < 4.78 is 18.1. The molecule has 1 N–H and O–H groups in total. The van der Waals surface area contributed by atoms with E-state index in [1.54, 1.807) is 19.2 Å². The molecule has 0 bridgehead atoms. The molecule has 0 spiro atoms. The molecule has 0 radical (unpaired) electrons. The Bertz CT molecular complexity index is 353. The average molecular weight is 195 g/mol. The number of anilines is 1. The zero-order chi connectivity index (χ0) is 10.2. The van der Waals surface area contributed by atoms with Crippen LogP contribution in [-0.4, -0.2) is 19.3 Å². The zero-order valence-electron chi connectivity index (χ0n) is 8.43. The number of ether oxygens (including phenoxy) is 1. The van der Waals surface area contributed by atoms with Crippen molar-refractivity contribution in [2.24, 2.45) is 0 Å². The predicted octanol–water partition coefficient (Wildman–Crippen LogP) is 2.20. The smallest absolute Gasteiger partial charge is 0.123 e. The second-order valence-corrected chi connectivity index (χ2v) is 4.10. The lowest BCUT2D eigenvalue weighted by molar-refractivity contribution is 0.153. The van der Waals surface area contributed by atoms with Gasteiger partial charge in [0.25, 0.3) is 0 Å². The van der Waals surface area contributed by atoms with E-state index in [2.05, 4.69) is 12.2 Å². The van der Waals surface area contributed by atoms with Crippen molar-refractivity contribution in [1.82, 2.24) is 0 Å². The van der Waals surface area contributed by atoms with Gasteiger partial charge in [0.1, 0.15) is 5.82 Å². The van der Waals surface area contributed by atoms with Gasteiger partial charge in [0.05, 0.1) is 12.1 Å². The fourth-order valence-corrected chi connectivity index (χ4v) is 2.03. The summed E-state index contributed by atoms with van der Waals surface area (Å²) in [5.41, 5.74) is 1.96. The maximum Gasteiger partial charge on any atom is 0.123 e. The van der Waals surface area contributed by atoms with Gasteiger partial charge in [-0.05, 0) is 37.1 Å². The van der Waals surface area contributed by atoms with Crippen molar-refractivity contribution in [3.63, 3.8) is 0 Å². The lowest BCUT2D eigenvalue weighted by Gasteiger charge is -2.23. The number of fused-ring (bicyclic) bond motifs is 1. The van der Waals surface area contributed by atoms with Crippen LogP contribution in [0.3, 0.4) is 0 Å². The summed E-state index contributed by atoms with van der Waals surface area (Å²) in [5.74, 6) is -0.174. The fourth-order valence-electron chi connectivity index (χ4n) is 2.03. The molecule has 3 heteroatoms. The van der Waals surface area contributed by atoms with Crippen molar-refractivity contribution in [1.29, 1.82) is 0 Å². The maximum absolute atomic E-state index is 12.9. The largest absolute Gasteiger partial charge is 0.382 e. The van der Waals surface area contributed by atoms with Crippen LogP contribution in [0.25, 0.3) is 0 Å². The molecule has 1 atom stereocenters. The minimum atomic E-state index is -0.174. The molecule has 1 aliphatic heterocycles. The lowest BCUT2D eigenvalue weighted by atomic mass is 9.99. The minimum absolute atomic E-state index is 0.0924. The van der Waals surface area contributed by atoms with Gasteiger partial charge in [-0.25, -0.2) is 4.39 Å². The average Bonchev–Trinajstić information content (AvgIpc) is 2.40. The van der Waals surface area contributed by atoms with Gasteiger partial charge in [-0.3, -0.25) is 0 Å². The van der Waals surface area contributed by atoms with E-state index in [0.717, 1.165) is 17.7 Å². The Balaban J connectivity index is 2.25. The summed E-state index contributed by atoms with van der Waals surface area (Å²) in [7, 11) is 1.68. The Morgan fingerprint density at radius 1 is 1.57 bits per heavy atom. The van der Waals surface area contributed by atoms with E-state index in [9.17, 15) is 4.39 Å². The highest BCUT2D eigenvalue weighted by atomic mass is 19.1. The highest BCUT2D eigenvalue weighted by molar-refractivity contribution is 5.58. The van der Waals surface area contributed by atoms with Crippen LogP contribution < -0.4 is 5.32 Å². The van der Waals surface area contributed by atoms with Crippen molar-refractivity contribution in [3.8, 4) is 0 Å². The molecule has 2 rings (SSSR count). The normalized spacial score (nSPS) is 24.5. The molecular formula is C11H14FNO. The maximum atomic E-state index is 12.9. The van der Waals surface area contributed by atoms with Gasteiger partial charge < -0.3 is 10.1 Å². The van der Waals surface area contributed by atoms with Crippen LogP contribution >= 0.6 is 0 Å². The molecule has 76 valence electrons. The SMILES string of the molecule is COCC1(C)Cc2cc(F)ccc2N1. The highest BCUT2D eigenvalue weighted by Gasteiger charge is 2.32. The van der Waals surface area contributed by atoms with E-state index in [1.807, 2.05) is 0 Å². The summed E-state index contributed by atoms with van der Waals surface area (Å²) in [6.07, 6.45) is 0.813. The standard InChI is InChI=1S/C11H14FNO/c1-11(7-14-2)6-8-5-9(12)3-4-10(8)13-11/h3-5,13H,6-7H2,1-2H3. The van der Waals surface area contributed by atoms with E-state index in [4.69, 9.17) is 4.74 Å². The monoisotopic (exact) mass is 195 g/mol. The molecule has 0 saturated heterocycles. The molecule has 1 heterocycles. The number of rotatable bonds is 2. The Morgan fingerprint density at radius 2 is 2.36 bits per heavy atom. The van der Waals surface area contributed by atoms with E-state index < -0.39 is 0 Å². The van der Waals surface area contributed by atoms with Gasteiger partial charge in [0, 0.05) is 12.8 Å². The molecule has 2 nitrogen and oxygen atoms in total. The molecule has 0 amide bonds. The van der Waals surface area contributed by atoms with Crippen molar-refractivity contribution in [2.75, 3.05) is 19.0 Å². The van der Waals surface area contributed by atoms with Crippen LogP contribution in [0.2, 0.25) is 0 Å². The first-order valence-corrected chi connectivity index (χ1v) is 4.68. The van der Waals surface area contributed by atoms with Gasteiger partial charge >= 0.3 is 0 Å². The van der Waals surface area contributed by atoms with Gasteiger partial charge in [-0.1, -0.05) is 0 Å². The van der Waals surface area contributed by atoms with Crippen molar-refractivity contribution in [2.45, 2.75) is 18.9 Å². The second-order valence-electron chi connectivity index (χ2n) is 4.10. The number of halogens is 1. The predicted molar refractivity (Wildman–Crippen MR) is 54.0 cm³/mol. The molecule has 1 aromatic rings. The van der Waals surface area contributed by atoms with Crippen LogP contribution in [0.5, 0.6) is 0 Å². The molecule has 14 heavy (non-hydrogen) atoms. The Labute approximate surface area is 83.1 Å². The molecule has 0 aromatic heterocycles. The fraction of sp³-hybridized carbons (Fsp3) is 0.455. The van der Waals surface area contributed by atoms with Crippen molar-refractivity contribution in [3.05, 3.63) is 29.6 Å². The summed E-state index contributed by atoms with van der Waals surface area (Å²) in [5, 5.41) is 3.35. The topological polar surface area (TPSA) is 21.3 Å². The zero-order valence-corrected chi connectivity index (χ0v) is 8.43. The molecule has 1 unspecified atom stereocenters. The van der Waals surface area contributed by atoms with Crippen LogP contribution in [0.4, 0.5) is 10.1 Å². The Morgan fingerprint density at radius 3 is 3.07 bits per heavy atom. The van der Waals surface area contributed by atoms with E-state index in [-0.39, 0.29) is 11.4 Å². The van der Waals surface area contributed by atoms with Crippen LogP contribution in [0.15, 0.2) is 18.2 Å². The number of benzene rings is 1. The molecular weight excluding hydrogens is 181 g/mol. The number of hydrogen-bond acceptors (Lipinski definition) is 2.